The average Bonchev–Trinajstić information content (AvgIpc) is 2.54. The van der Waals surface area contributed by atoms with E-state index in [4.69, 9.17) is 15.6 Å². The molecule has 0 aromatic heterocycles. The van der Waals surface area contributed by atoms with Crippen molar-refractivity contribution < 1.29 is 19.8 Å². The number of carboxylic acid groups (broad SMARTS) is 2. The minimum absolute atomic E-state index is 0. The zero-order valence-electron chi connectivity index (χ0n) is 16.2. The first-order valence-corrected chi connectivity index (χ1v) is 9.33. The van der Waals surface area contributed by atoms with Gasteiger partial charge in [-0.25, -0.2) is 4.79 Å². The van der Waals surface area contributed by atoms with Crippen LogP contribution in [0.25, 0.3) is 0 Å². The first-order valence-electron chi connectivity index (χ1n) is 9.33. The molecule has 5 nitrogen and oxygen atoms in total. The molecule has 0 atom stereocenters. The van der Waals surface area contributed by atoms with Gasteiger partial charge in [-0.05, 0) is 6.92 Å². The van der Waals surface area contributed by atoms with Crippen molar-refractivity contribution in [2.24, 2.45) is 0 Å². The number of rotatable bonds is 12. The fourth-order valence-corrected chi connectivity index (χ4v) is 1.74. The van der Waals surface area contributed by atoms with Crippen LogP contribution in [0.4, 0.5) is 0 Å². The van der Waals surface area contributed by atoms with Crippen LogP contribution in [0.1, 0.15) is 105 Å². The normalized spacial score (nSPS) is 8.80. The molecule has 0 aliphatic carbocycles. The van der Waals surface area contributed by atoms with Gasteiger partial charge in [-0.2, -0.15) is 0 Å². The third-order valence-corrected chi connectivity index (χ3v) is 3.33. The van der Waals surface area contributed by atoms with Gasteiger partial charge < -0.3 is 10.2 Å². The summed E-state index contributed by atoms with van der Waals surface area (Å²) < 4.78 is 0. The van der Waals surface area contributed by atoms with Crippen molar-refractivity contribution in [3.05, 3.63) is 0 Å². The van der Waals surface area contributed by atoms with Gasteiger partial charge in [0.05, 0.1) is 0 Å². The Morgan fingerprint density at radius 3 is 1.04 bits per heavy atom. The maximum absolute atomic E-state index is 9.47. The van der Waals surface area contributed by atoms with Crippen LogP contribution in [0.3, 0.4) is 0 Å². The second-order valence-electron chi connectivity index (χ2n) is 5.86. The van der Waals surface area contributed by atoms with E-state index in [9.17, 15) is 9.59 Å². The summed E-state index contributed by atoms with van der Waals surface area (Å²) in [7, 11) is 0. The van der Waals surface area contributed by atoms with Crippen LogP contribution < -0.4 is 0 Å². The van der Waals surface area contributed by atoms with Gasteiger partial charge in [0, 0.05) is 6.42 Å². The van der Waals surface area contributed by atoms with Gasteiger partial charge >= 0.3 is 41.5 Å². The van der Waals surface area contributed by atoms with Crippen molar-refractivity contribution in [2.75, 3.05) is 0 Å². The number of carboxylic acids is 2. The Bertz CT molecular complexity index is 288. The van der Waals surface area contributed by atoms with Crippen LogP contribution in [0.15, 0.2) is 0 Å². The Morgan fingerprint density at radius 1 is 0.720 bits per heavy atom. The molecular weight excluding hydrogens is 329 g/mol. The van der Waals surface area contributed by atoms with Crippen LogP contribution in [-0.4, -0.2) is 57.4 Å². The molecule has 0 bridgehead atoms. The molecular formula is C19H40NNaO4. The molecule has 0 spiro atoms. The van der Waals surface area contributed by atoms with Crippen LogP contribution >= 0.6 is 0 Å². The van der Waals surface area contributed by atoms with Gasteiger partial charge in [0.25, 0.3) is 0 Å². The van der Waals surface area contributed by atoms with Crippen LogP contribution in [-0.2, 0) is 9.59 Å². The molecule has 0 heterocycles. The van der Waals surface area contributed by atoms with Crippen molar-refractivity contribution >= 4 is 47.2 Å². The number of unbranched alkanes of at least 4 members (excludes halogenated alkanes) is 10. The molecule has 0 amide bonds. The van der Waals surface area contributed by atoms with E-state index in [2.05, 4.69) is 13.8 Å². The molecule has 0 fully saturated rings. The van der Waals surface area contributed by atoms with Crippen LogP contribution in [0.5, 0.6) is 0 Å². The van der Waals surface area contributed by atoms with Gasteiger partial charge in [0.15, 0.2) is 0 Å². The molecule has 0 saturated heterocycles. The summed E-state index contributed by atoms with van der Waals surface area (Å²) in [6, 6.07) is 0. The molecule has 0 aromatic rings. The summed E-state index contributed by atoms with van der Waals surface area (Å²) in [6.45, 7) is 7.39. The van der Waals surface area contributed by atoms with Crippen molar-refractivity contribution in [3.8, 4) is 0 Å². The Hall–Kier alpha value is -0.390. The first kappa shape index (κ1) is 32.3. The van der Waals surface area contributed by atoms with Gasteiger partial charge in [0.1, 0.15) is 5.71 Å². The summed E-state index contributed by atoms with van der Waals surface area (Å²) >= 11 is 0. The third kappa shape index (κ3) is 45.2. The van der Waals surface area contributed by atoms with E-state index in [-0.39, 0.29) is 41.7 Å². The number of nitrogens with one attached hydrogen (secondary N) is 1. The number of hydrogen-bond acceptors (Lipinski definition) is 3. The standard InChI is InChI=1S/C13H28.C3H5NO2.C3H6O2.Na.H/c1-3-5-7-9-11-13-12-10-8-6-4-2;1-2(4)3(5)6;1-2-3(4)5;;/h3-13H2,1-2H3;4H,1H3,(H,5,6);2H2,1H3,(H,4,5);;. The SMILES string of the molecule is CC(=N)C(=O)O.CCC(=O)O.CCCCCCCCCCCCC.[NaH]. The molecule has 0 radical (unpaired) electrons. The summed E-state index contributed by atoms with van der Waals surface area (Å²) in [5, 5.41) is 21.8. The zero-order chi connectivity index (χ0) is 19.2. The molecule has 0 aromatic carbocycles. The van der Waals surface area contributed by atoms with Gasteiger partial charge in [-0.15, -0.1) is 0 Å². The van der Waals surface area contributed by atoms with E-state index >= 15 is 0 Å². The molecule has 0 saturated carbocycles. The summed E-state index contributed by atoms with van der Waals surface area (Å²) in [5.41, 5.74) is -0.324. The summed E-state index contributed by atoms with van der Waals surface area (Å²) in [4.78, 5) is 18.8. The van der Waals surface area contributed by atoms with E-state index in [1.165, 1.54) is 77.6 Å². The van der Waals surface area contributed by atoms with Gasteiger partial charge in [-0.3, -0.25) is 10.2 Å². The van der Waals surface area contributed by atoms with Crippen molar-refractivity contribution in [3.63, 3.8) is 0 Å². The monoisotopic (exact) mass is 369 g/mol. The van der Waals surface area contributed by atoms with Crippen LogP contribution in [0.2, 0.25) is 0 Å². The number of hydrogen-bond donors (Lipinski definition) is 3. The van der Waals surface area contributed by atoms with E-state index in [0.29, 0.717) is 0 Å². The second-order valence-corrected chi connectivity index (χ2v) is 5.86. The van der Waals surface area contributed by atoms with E-state index < -0.39 is 11.9 Å². The molecule has 3 N–H and O–H groups in total. The molecule has 25 heavy (non-hydrogen) atoms. The zero-order valence-corrected chi connectivity index (χ0v) is 16.2. The Labute approximate surface area is 176 Å². The predicted molar refractivity (Wildman–Crippen MR) is 108 cm³/mol. The second kappa shape index (κ2) is 28.4. The molecule has 0 aliphatic rings. The fraction of sp³-hybridized carbons (Fsp3) is 0.842. The molecule has 0 aliphatic heterocycles. The van der Waals surface area contributed by atoms with Crippen molar-refractivity contribution in [1.82, 2.24) is 0 Å². The molecule has 0 unspecified atom stereocenters. The minimum atomic E-state index is -1.16. The Kier molecular flexibility index (Phi) is 36.7. The number of aliphatic carboxylic acids is 2. The van der Waals surface area contributed by atoms with Gasteiger partial charge in [-0.1, -0.05) is 91.4 Å². The summed E-state index contributed by atoms with van der Waals surface area (Å²) in [5.74, 6) is -1.90. The fourth-order valence-electron chi connectivity index (χ4n) is 1.74. The summed E-state index contributed by atoms with van der Waals surface area (Å²) in [6.07, 6.45) is 16.2. The number of carbonyl (C=O) groups is 2. The Morgan fingerprint density at radius 2 is 0.920 bits per heavy atom. The van der Waals surface area contributed by atoms with E-state index in [1.807, 2.05) is 0 Å². The third-order valence-electron chi connectivity index (χ3n) is 3.33. The molecule has 146 valence electrons. The molecule has 6 heteroatoms. The maximum atomic E-state index is 9.47. The predicted octanol–water partition coefficient (Wildman–Crippen LogP) is 5.26. The van der Waals surface area contributed by atoms with Gasteiger partial charge in [0.2, 0.25) is 0 Å². The Balaban J connectivity index is -0.000000154. The van der Waals surface area contributed by atoms with Crippen LogP contribution in [0, 0.1) is 5.41 Å². The molecule has 0 rings (SSSR count). The van der Waals surface area contributed by atoms with Crippen molar-refractivity contribution in [2.45, 2.75) is 105 Å². The van der Waals surface area contributed by atoms with Crippen molar-refractivity contribution in [1.29, 1.82) is 5.41 Å². The van der Waals surface area contributed by atoms with E-state index in [0.717, 1.165) is 0 Å². The van der Waals surface area contributed by atoms with E-state index in [1.54, 1.807) is 6.92 Å². The average molecular weight is 370 g/mol. The quantitative estimate of drug-likeness (QED) is 0.248. The topological polar surface area (TPSA) is 98.5 Å². The first-order chi connectivity index (χ1) is 11.3.